The number of rotatable bonds is 3. The van der Waals surface area contributed by atoms with E-state index in [0.717, 1.165) is 25.7 Å². The molecule has 100 valence electrons. The minimum absolute atomic E-state index is 0.216. The van der Waals surface area contributed by atoms with Gasteiger partial charge in [0.2, 0.25) is 0 Å². The number of nitrogens with two attached hydrogens (primary N) is 1. The van der Waals surface area contributed by atoms with E-state index >= 15 is 0 Å². The number of benzene rings is 1. The Morgan fingerprint density at radius 2 is 2.11 bits per heavy atom. The Bertz CT molecular complexity index is 407. The number of nitrogen functional groups attached to an aromatic ring is 1. The molecule has 2 nitrogen and oxygen atoms in total. The van der Waals surface area contributed by atoms with E-state index in [1.807, 2.05) is 0 Å². The van der Waals surface area contributed by atoms with E-state index in [1.165, 1.54) is 24.6 Å². The number of anilines is 1. The van der Waals surface area contributed by atoms with E-state index in [-0.39, 0.29) is 11.7 Å². The zero-order valence-electron chi connectivity index (χ0n) is 10.9. The smallest absolute Gasteiger partial charge is 0.123 e. The van der Waals surface area contributed by atoms with E-state index < -0.39 is 6.10 Å². The number of hydrogen-bond acceptors (Lipinski definition) is 2. The van der Waals surface area contributed by atoms with Crippen molar-refractivity contribution < 1.29 is 9.50 Å². The molecule has 0 radical (unpaired) electrons. The first-order valence-corrected chi connectivity index (χ1v) is 6.86. The predicted molar refractivity (Wildman–Crippen MR) is 71.5 cm³/mol. The third kappa shape index (κ3) is 2.66. The summed E-state index contributed by atoms with van der Waals surface area (Å²) in [5.74, 6) is 0.409. The molecule has 0 heterocycles. The molecule has 3 heteroatoms. The van der Waals surface area contributed by atoms with Gasteiger partial charge in [-0.05, 0) is 36.5 Å². The number of halogens is 1. The Morgan fingerprint density at radius 1 is 1.39 bits per heavy atom. The maximum atomic E-state index is 13.3. The van der Waals surface area contributed by atoms with Crippen LogP contribution in [0.15, 0.2) is 18.2 Å². The second kappa shape index (κ2) is 5.70. The Morgan fingerprint density at radius 3 is 2.83 bits per heavy atom. The summed E-state index contributed by atoms with van der Waals surface area (Å²) in [7, 11) is 0. The summed E-state index contributed by atoms with van der Waals surface area (Å²) < 4.78 is 13.3. The van der Waals surface area contributed by atoms with E-state index in [4.69, 9.17) is 5.73 Å². The van der Waals surface area contributed by atoms with Gasteiger partial charge in [-0.25, -0.2) is 4.39 Å². The normalized spacial score (nSPS) is 25.9. The summed E-state index contributed by atoms with van der Waals surface area (Å²) in [5.41, 5.74) is 6.90. The van der Waals surface area contributed by atoms with Crippen LogP contribution in [0.3, 0.4) is 0 Å². The molecular formula is C15H22FNO. The van der Waals surface area contributed by atoms with Crippen molar-refractivity contribution in [3.8, 4) is 0 Å². The van der Waals surface area contributed by atoms with Gasteiger partial charge in [0.05, 0.1) is 6.10 Å². The van der Waals surface area contributed by atoms with Crippen LogP contribution in [0, 0.1) is 17.7 Å². The summed E-state index contributed by atoms with van der Waals surface area (Å²) in [5, 5.41) is 10.5. The summed E-state index contributed by atoms with van der Waals surface area (Å²) in [6.07, 6.45) is 4.99. The molecule has 1 fully saturated rings. The lowest BCUT2D eigenvalue weighted by Gasteiger charge is -2.34. The molecule has 3 atom stereocenters. The monoisotopic (exact) mass is 251 g/mol. The van der Waals surface area contributed by atoms with Gasteiger partial charge in [0, 0.05) is 11.3 Å². The topological polar surface area (TPSA) is 46.2 Å². The Balaban J connectivity index is 2.23. The van der Waals surface area contributed by atoms with Gasteiger partial charge in [0.15, 0.2) is 0 Å². The van der Waals surface area contributed by atoms with E-state index in [1.54, 1.807) is 0 Å². The van der Waals surface area contributed by atoms with Crippen LogP contribution < -0.4 is 5.73 Å². The Labute approximate surface area is 108 Å². The minimum Gasteiger partial charge on any atom is -0.398 e. The molecule has 1 saturated carbocycles. The van der Waals surface area contributed by atoms with Gasteiger partial charge in [-0.15, -0.1) is 0 Å². The summed E-state index contributed by atoms with van der Waals surface area (Å²) in [6, 6.07) is 4.25. The lowest BCUT2D eigenvalue weighted by molar-refractivity contribution is 0.0455. The van der Waals surface area contributed by atoms with Gasteiger partial charge in [-0.2, -0.15) is 0 Å². The third-order valence-electron chi connectivity index (χ3n) is 4.27. The van der Waals surface area contributed by atoms with Crippen molar-refractivity contribution in [2.45, 2.75) is 45.1 Å². The van der Waals surface area contributed by atoms with Crippen LogP contribution in [0.1, 0.15) is 50.7 Å². The highest BCUT2D eigenvalue weighted by molar-refractivity contribution is 5.48. The number of aliphatic hydroxyl groups excluding tert-OH is 1. The fourth-order valence-electron chi connectivity index (χ4n) is 3.19. The first kappa shape index (κ1) is 13.3. The molecule has 1 aromatic rings. The predicted octanol–water partition coefficient (Wildman–Crippen LogP) is 3.66. The molecule has 1 aliphatic carbocycles. The SMILES string of the molecule is CCC1CCCCC1C(O)c1cc(F)ccc1N. The van der Waals surface area contributed by atoms with Crippen molar-refractivity contribution in [2.75, 3.05) is 5.73 Å². The molecule has 2 rings (SSSR count). The van der Waals surface area contributed by atoms with Crippen LogP contribution in [0.2, 0.25) is 0 Å². The molecule has 3 N–H and O–H groups in total. The molecule has 18 heavy (non-hydrogen) atoms. The molecule has 0 bridgehead atoms. The molecule has 0 aliphatic heterocycles. The van der Waals surface area contributed by atoms with Crippen LogP contribution in [0.4, 0.5) is 10.1 Å². The first-order valence-electron chi connectivity index (χ1n) is 6.86. The van der Waals surface area contributed by atoms with Crippen LogP contribution in [-0.2, 0) is 0 Å². The fraction of sp³-hybridized carbons (Fsp3) is 0.600. The highest BCUT2D eigenvalue weighted by Gasteiger charge is 2.31. The van der Waals surface area contributed by atoms with Crippen LogP contribution in [0.25, 0.3) is 0 Å². The Kier molecular flexibility index (Phi) is 4.23. The maximum Gasteiger partial charge on any atom is 0.123 e. The molecule has 3 unspecified atom stereocenters. The van der Waals surface area contributed by atoms with Gasteiger partial charge in [0.1, 0.15) is 5.82 Å². The van der Waals surface area contributed by atoms with Gasteiger partial charge < -0.3 is 10.8 Å². The summed E-state index contributed by atoms with van der Waals surface area (Å²) in [6.45, 7) is 2.16. The molecule has 1 aromatic carbocycles. The molecule has 0 aromatic heterocycles. The zero-order valence-corrected chi connectivity index (χ0v) is 10.9. The highest BCUT2D eigenvalue weighted by Crippen LogP contribution is 2.41. The largest absolute Gasteiger partial charge is 0.398 e. The molecule has 0 saturated heterocycles. The van der Waals surface area contributed by atoms with Gasteiger partial charge in [0.25, 0.3) is 0 Å². The first-order chi connectivity index (χ1) is 8.63. The number of aliphatic hydroxyl groups is 1. The average Bonchev–Trinajstić information content (AvgIpc) is 2.40. The van der Waals surface area contributed by atoms with E-state index in [9.17, 15) is 9.50 Å². The highest BCUT2D eigenvalue weighted by atomic mass is 19.1. The lowest BCUT2D eigenvalue weighted by atomic mass is 9.73. The van der Waals surface area contributed by atoms with Crippen LogP contribution >= 0.6 is 0 Å². The zero-order chi connectivity index (χ0) is 13.1. The summed E-state index contributed by atoms with van der Waals surface area (Å²) >= 11 is 0. The van der Waals surface area contributed by atoms with Gasteiger partial charge in [-0.1, -0.05) is 32.6 Å². The molecule has 0 amide bonds. The van der Waals surface area contributed by atoms with Gasteiger partial charge >= 0.3 is 0 Å². The minimum atomic E-state index is -0.633. The van der Waals surface area contributed by atoms with Crippen molar-refractivity contribution in [1.82, 2.24) is 0 Å². The van der Waals surface area contributed by atoms with Crippen LogP contribution in [0.5, 0.6) is 0 Å². The van der Waals surface area contributed by atoms with E-state index in [2.05, 4.69) is 6.92 Å². The summed E-state index contributed by atoms with van der Waals surface area (Å²) in [4.78, 5) is 0. The second-order valence-electron chi connectivity index (χ2n) is 5.33. The lowest BCUT2D eigenvalue weighted by Crippen LogP contribution is -2.25. The molecule has 1 aliphatic rings. The third-order valence-corrected chi connectivity index (χ3v) is 4.27. The Hall–Kier alpha value is -1.09. The van der Waals surface area contributed by atoms with Crippen molar-refractivity contribution in [1.29, 1.82) is 0 Å². The van der Waals surface area contributed by atoms with Crippen molar-refractivity contribution in [3.05, 3.63) is 29.6 Å². The fourth-order valence-corrected chi connectivity index (χ4v) is 3.19. The van der Waals surface area contributed by atoms with Gasteiger partial charge in [-0.3, -0.25) is 0 Å². The average molecular weight is 251 g/mol. The standard InChI is InChI=1S/C15H22FNO/c1-2-10-5-3-4-6-12(10)15(18)13-9-11(16)7-8-14(13)17/h7-10,12,15,18H,2-6,17H2,1H3. The van der Waals surface area contributed by atoms with Crippen molar-refractivity contribution in [3.63, 3.8) is 0 Å². The quantitative estimate of drug-likeness (QED) is 0.805. The molecule has 0 spiro atoms. The second-order valence-corrected chi connectivity index (χ2v) is 5.33. The van der Waals surface area contributed by atoms with Crippen molar-refractivity contribution in [2.24, 2.45) is 11.8 Å². The van der Waals surface area contributed by atoms with E-state index in [0.29, 0.717) is 17.2 Å². The maximum absolute atomic E-state index is 13.3. The van der Waals surface area contributed by atoms with Crippen LogP contribution in [-0.4, -0.2) is 5.11 Å². The molecular weight excluding hydrogens is 229 g/mol. The number of hydrogen-bond donors (Lipinski definition) is 2. The van der Waals surface area contributed by atoms with Crippen molar-refractivity contribution >= 4 is 5.69 Å².